The number of hydrogen-bond acceptors (Lipinski definition) is 7. The van der Waals surface area contributed by atoms with Gasteiger partial charge in [0.15, 0.2) is 17.7 Å². The molecule has 9 nitrogen and oxygen atoms in total. The van der Waals surface area contributed by atoms with Crippen LogP contribution in [0.4, 0.5) is 5.69 Å². The van der Waals surface area contributed by atoms with E-state index in [4.69, 9.17) is 25.4 Å². The summed E-state index contributed by atoms with van der Waals surface area (Å²) in [4.78, 5) is 0.136. The van der Waals surface area contributed by atoms with Gasteiger partial charge in [0.2, 0.25) is 0 Å². The molecule has 41 heavy (non-hydrogen) atoms. The molecular formula is C31H32N4O5S. The maximum Gasteiger partial charge on any atom is 0.261 e. The van der Waals surface area contributed by atoms with Crippen molar-refractivity contribution < 1.29 is 22.6 Å². The van der Waals surface area contributed by atoms with Gasteiger partial charge in [0.25, 0.3) is 10.0 Å². The van der Waals surface area contributed by atoms with Gasteiger partial charge in [-0.2, -0.15) is 0 Å². The largest absolute Gasteiger partial charge is 0.493 e. The van der Waals surface area contributed by atoms with Crippen LogP contribution in [0.15, 0.2) is 95.9 Å². The summed E-state index contributed by atoms with van der Waals surface area (Å²) >= 11 is 0. The molecule has 5 N–H and O–H groups in total. The van der Waals surface area contributed by atoms with Crippen LogP contribution in [0, 0.1) is 5.41 Å². The third-order valence-electron chi connectivity index (χ3n) is 6.98. The molecule has 0 saturated carbocycles. The summed E-state index contributed by atoms with van der Waals surface area (Å²) in [6.45, 7) is 0.465. The average Bonchev–Trinajstić information content (AvgIpc) is 3.32. The molecule has 2 atom stereocenters. The summed E-state index contributed by atoms with van der Waals surface area (Å²) in [7, 11) is -0.678. The highest BCUT2D eigenvalue weighted by molar-refractivity contribution is 7.92. The zero-order valence-corrected chi connectivity index (χ0v) is 23.6. The number of nitrogens with two attached hydrogens (primary N) is 1. The van der Waals surface area contributed by atoms with E-state index in [2.05, 4.69) is 10.0 Å². The first-order chi connectivity index (χ1) is 19.8. The van der Waals surface area contributed by atoms with Crippen LogP contribution in [-0.4, -0.2) is 34.7 Å². The van der Waals surface area contributed by atoms with Gasteiger partial charge in [-0.05, 0) is 53.9 Å². The molecule has 0 spiro atoms. The Kier molecular flexibility index (Phi) is 8.14. The molecule has 2 unspecified atom stereocenters. The lowest BCUT2D eigenvalue weighted by Crippen LogP contribution is -2.36. The molecule has 0 amide bonds. The first-order valence-corrected chi connectivity index (χ1v) is 14.5. The van der Waals surface area contributed by atoms with Crippen molar-refractivity contribution in [3.05, 3.63) is 113 Å². The zero-order valence-electron chi connectivity index (χ0n) is 22.8. The molecule has 0 aromatic heterocycles. The third kappa shape index (κ3) is 6.13. The van der Waals surface area contributed by atoms with Crippen molar-refractivity contribution in [2.24, 2.45) is 5.73 Å². The standard InChI is InChI=1S/C31H32N4O5S/c1-38-27-14-13-21(16-28(27)39-2)19-34-31-25(15-20-9-5-3-6-10-20)24-17-22(18-26(30(32)33)29(24)40-31)35-41(36,37)23-11-7-4-8-12-23/h3-14,16-18,25,31,34-35H,15,19H2,1-2H3,(H3,32,33). The number of fused-ring (bicyclic) bond motifs is 1. The summed E-state index contributed by atoms with van der Waals surface area (Å²) in [5.74, 6) is 1.30. The van der Waals surface area contributed by atoms with Crippen molar-refractivity contribution in [2.75, 3.05) is 18.9 Å². The Morgan fingerprint density at radius 1 is 0.902 bits per heavy atom. The number of ether oxygens (including phenoxy) is 3. The van der Waals surface area contributed by atoms with E-state index in [1.54, 1.807) is 38.5 Å². The Labute approximate surface area is 239 Å². The second-order valence-corrected chi connectivity index (χ2v) is 11.4. The van der Waals surface area contributed by atoms with Crippen LogP contribution in [-0.2, 0) is 23.0 Å². The number of methoxy groups -OCH3 is 2. The van der Waals surface area contributed by atoms with Crippen LogP contribution in [0.1, 0.15) is 28.2 Å². The van der Waals surface area contributed by atoms with E-state index < -0.39 is 16.3 Å². The van der Waals surface area contributed by atoms with Gasteiger partial charge in [-0.25, -0.2) is 8.42 Å². The summed E-state index contributed by atoms with van der Waals surface area (Å²) in [5.41, 5.74) is 9.42. The number of anilines is 1. The molecule has 1 heterocycles. The summed E-state index contributed by atoms with van der Waals surface area (Å²) in [6.07, 6.45) is 0.140. The third-order valence-corrected chi connectivity index (χ3v) is 8.37. The molecule has 0 radical (unpaired) electrons. The molecular weight excluding hydrogens is 540 g/mol. The highest BCUT2D eigenvalue weighted by Crippen LogP contribution is 2.44. The second-order valence-electron chi connectivity index (χ2n) is 9.68. The van der Waals surface area contributed by atoms with Crippen molar-refractivity contribution in [3.8, 4) is 17.2 Å². The number of benzene rings is 4. The highest BCUT2D eigenvalue weighted by Gasteiger charge is 2.37. The minimum Gasteiger partial charge on any atom is -0.493 e. The highest BCUT2D eigenvalue weighted by atomic mass is 32.2. The molecule has 0 fully saturated rings. The van der Waals surface area contributed by atoms with Crippen molar-refractivity contribution in [3.63, 3.8) is 0 Å². The van der Waals surface area contributed by atoms with Gasteiger partial charge >= 0.3 is 0 Å². The zero-order chi connectivity index (χ0) is 29.0. The van der Waals surface area contributed by atoms with E-state index in [1.807, 2.05) is 48.5 Å². The van der Waals surface area contributed by atoms with E-state index in [1.165, 1.54) is 18.2 Å². The Balaban J connectivity index is 1.49. The number of rotatable bonds is 11. The van der Waals surface area contributed by atoms with Gasteiger partial charge in [-0.3, -0.25) is 15.4 Å². The quantitative estimate of drug-likeness (QED) is 0.152. The fraction of sp³-hybridized carbons (Fsp3) is 0.194. The molecule has 0 saturated heterocycles. The Morgan fingerprint density at radius 3 is 2.24 bits per heavy atom. The maximum absolute atomic E-state index is 13.1. The van der Waals surface area contributed by atoms with E-state index in [0.717, 1.165) is 16.7 Å². The normalized spacial score (nSPS) is 16.0. The molecule has 0 bridgehead atoms. The van der Waals surface area contributed by atoms with Crippen LogP contribution < -0.4 is 30.0 Å². The molecule has 10 heteroatoms. The topological polar surface area (TPSA) is 136 Å². The van der Waals surface area contributed by atoms with Crippen LogP contribution in [0.2, 0.25) is 0 Å². The van der Waals surface area contributed by atoms with Gasteiger partial charge in [0.05, 0.1) is 30.4 Å². The lowest BCUT2D eigenvalue weighted by atomic mass is 9.90. The molecule has 4 aromatic rings. The fourth-order valence-electron chi connectivity index (χ4n) is 4.98. The van der Waals surface area contributed by atoms with E-state index >= 15 is 0 Å². The van der Waals surface area contributed by atoms with Crippen LogP contribution in [0.3, 0.4) is 0 Å². The second kappa shape index (κ2) is 11.9. The predicted molar refractivity (Wildman–Crippen MR) is 158 cm³/mol. The van der Waals surface area contributed by atoms with Crippen molar-refractivity contribution >= 4 is 21.5 Å². The van der Waals surface area contributed by atoms with Gasteiger partial charge in [0, 0.05) is 18.0 Å². The van der Waals surface area contributed by atoms with Gasteiger partial charge in [-0.15, -0.1) is 0 Å². The Bertz CT molecular complexity index is 1650. The van der Waals surface area contributed by atoms with Gasteiger partial charge < -0.3 is 19.9 Å². The monoisotopic (exact) mass is 572 g/mol. The number of nitrogen functional groups attached to an aromatic ring is 1. The minimum atomic E-state index is -3.86. The smallest absolute Gasteiger partial charge is 0.261 e. The lowest BCUT2D eigenvalue weighted by Gasteiger charge is -2.21. The maximum atomic E-state index is 13.1. The van der Waals surface area contributed by atoms with Crippen molar-refractivity contribution in [2.45, 2.75) is 30.0 Å². The van der Waals surface area contributed by atoms with Crippen LogP contribution in [0.25, 0.3) is 0 Å². The summed E-state index contributed by atoms with van der Waals surface area (Å²) in [5, 5.41) is 11.7. The Hall–Kier alpha value is -4.54. The molecule has 4 aromatic carbocycles. The number of hydrogen-bond donors (Lipinski definition) is 4. The van der Waals surface area contributed by atoms with Crippen LogP contribution >= 0.6 is 0 Å². The minimum absolute atomic E-state index is 0.136. The first kappa shape index (κ1) is 28.0. The van der Waals surface area contributed by atoms with E-state index in [9.17, 15) is 8.42 Å². The summed E-state index contributed by atoms with van der Waals surface area (Å²) < 4.78 is 46.1. The van der Waals surface area contributed by atoms with Crippen molar-refractivity contribution in [1.82, 2.24) is 5.32 Å². The summed E-state index contributed by atoms with van der Waals surface area (Å²) in [6, 6.07) is 27.1. The SMILES string of the molecule is COc1ccc(CNC2Oc3c(C(=N)N)cc(NS(=O)(=O)c4ccccc4)cc3C2Cc2ccccc2)cc1OC. The van der Waals surface area contributed by atoms with E-state index in [-0.39, 0.29) is 16.6 Å². The first-order valence-electron chi connectivity index (χ1n) is 13.0. The van der Waals surface area contributed by atoms with E-state index in [0.29, 0.717) is 41.5 Å². The van der Waals surface area contributed by atoms with Gasteiger partial charge in [0.1, 0.15) is 11.6 Å². The average molecular weight is 573 g/mol. The molecule has 1 aliphatic heterocycles. The molecule has 5 rings (SSSR count). The number of nitrogens with one attached hydrogen (secondary N) is 3. The number of amidine groups is 1. The van der Waals surface area contributed by atoms with Gasteiger partial charge in [-0.1, -0.05) is 54.6 Å². The Morgan fingerprint density at radius 2 is 1.59 bits per heavy atom. The number of sulfonamides is 1. The van der Waals surface area contributed by atoms with Crippen LogP contribution in [0.5, 0.6) is 17.2 Å². The molecule has 0 aliphatic carbocycles. The lowest BCUT2D eigenvalue weighted by molar-refractivity contribution is 0.162. The molecule has 212 valence electrons. The molecule has 1 aliphatic rings. The fourth-order valence-corrected chi connectivity index (χ4v) is 6.04. The van der Waals surface area contributed by atoms with Crippen molar-refractivity contribution in [1.29, 1.82) is 5.41 Å². The predicted octanol–water partition coefficient (Wildman–Crippen LogP) is 4.62.